The topological polar surface area (TPSA) is 18.5 Å². The predicted octanol–water partition coefficient (Wildman–Crippen LogP) is 13.5. The average molecular weight is 577 g/mol. The molecule has 0 aromatic rings. The van der Waals surface area contributed by atoms with Crippen LogP contribution in [0.25, 0.3) is 0 Å². The van der Waals surface area contributed by atoms with E-state index in [-0.39, 0.29) is 0 Å². The molecule has 0 N–H and O–H groups in total. The quantitative estimate of drug-likeness (QED) is 0.0545. The van der Waals surface area contributed by atoms with E-state index < -0.39 is 0 Å². The Labute approximate surface area is 259 Å². The van der Waals surface area contributed by atoms with E-state index in [2.05, 4.69) is 38.2 Å². The lowest BCUT2D eigenvalue weighted by molar-refractivity contribution is 0.111. The van der Waals surface area contributed by atoms with Crippen molar-refractivity contribution in [1.29, 1.82) is 0 Å². The Bertz CT molecular complexity index is 454. The van der Waals surface area contributed by atoms with Gasteiger partial charge in [-0.2, -0.15) is 0 Å². The van der Waals surface area contributed by atoms with E-state index in [1.807, 2.05) is 0 Å². The molecule has 0 amide bonds. The first-order valence-electron chi connectivity index (χ1n) is 18.9. The molecule has 0 aromatic carbocycles. The largest absolute Gasteiger partial charge is 0.381 e. The molecule has 0 saturated carbocycles. The van der Waals surface area contributed by atoms with Crippen LogP contribution in [0.15, 0.2) is 24.3 Å². The minimum Gasteiger partial charge on any atom is -0.381 e. The fraction of sp³-hybridized carbons (Fsp3) is 0.897. The molecule has 0 heterocycles. The van der Waals surface area contributed by atoms with Gasteiger partial charge in [0.15, 0.2) is 0 Å². The van der Waals surface area contributed by atoms with Crippen molar-refractivity contribution in [3.05, 3.63) is 24.3 Å². The van der Waals surface area contributed by atoms with E-state index in [0.717, 1.165) is 26.4 Å². The molecule has 0 aliphatic heterocycles. The van der Waals surface area contributed by atoms with E-state index in [4.69, 9.17) is 9.47 Å². The van der Waals surface area contributed by atoms with Gasteiger partial charge in [0.1, 0.15) is 0 Å². The molecule has 0 spiro atoms. The van der Waals surface area contributed by atoms with E-state index >= 15 is 0 Å². The van der Waals surface area contributed by atoms with Crippen LogP contribution >= 0.6 is 0 Å². The Kier molecular flexibility index (Phi) is 38.8. The number of ether oxygens (including phenoxy) is 2. The summed E-state index contributed by atoms with van der Waals surface area (Å²) < 4.78 is 11.7. The van der Waals surface area contributed by atoms with E-state index in [0.29, 0.717) is 0 Å². The SMILES string of the molecule is CCCCCCCCC=CCCCCCCCOCCCCCOCCCCCCCC=CCCCCCCCC. The molecule has 0 aromatic heterocycles. The summed E-state index contributed by atoms with van der Waals surface area (Å²) in [7, 11) is 0. The number of rotatable bonds is 36. The van der Waals surface area contributed by atoms with Crippen molar-refractivity contribution in [1.82, 2.24) is 0 Å². The Morgan fingerprint density at radius 2 is 0.488 bits per heavy atom. The third kappa shape index (κ3) is 39.4. The van der Waals surface area contributed by atoms with Crippen molar-refractivity contribution >= 4 is 0 Å². The summed E-state index contributed by atoms with van der Waals surface area (Å²) in [5, 5.41) is 0. The van der Waals surface area contributed by atoms with Gasteiger partial charge in [0.25, 0.3) is 0 Å². The summed E-state index contributed by atoms with van der Waals surface area (Å²) in [6.45, 7) is 8.33. The summed E-state index contributed by atoms with van der Waals surface area (Å²) in [5.74, 6) is 0. The zero-order valence-corrected chi connectivity index (χ0v) is 28.5. The first-order valence-corrected chi connectivity index (χ1v) is 18.9. The van der Waals surface area contributed by atoms with Gasteiger partial charge in [0, 0.05) is 26.4 Å². The molecule has 0 radical (unpaired) electrons. The molecule has 0 unspecified atom stereocenters. The van der Waals surface area contributed by atoms with Crippen LogP contribution in [-0.4, -0.2) is 26.4 Å². The molecule has 0 aliphatic carbocycles. The number of allylic oxidation sites excluding steroid dienone is 4. The van der Waals surface area contributed by atoms with Crippen molar-refractivity contribution in [3.8, 4) is 0 Å². The second kappa shape index (κ2) is 39.4. The Balaban J connectivity index is 3.09. The van der Waals surface area contributed by atoms with Crippen molar-refractivity contribution in [2.24, 2.45) is 0 Å². The maximum atomic E-state index is 5.83. The van der Waals surface area contributed by atoms with Crippen LogP contribution in [0.2, 0.25) is 0 Å². The van der Waals surface area contributed by atoms with Crippen molar-refractivity contribution in [3.63, 3.8) is 0 Å². The lowest BCUT2D eigenvalue weighted by atomic mass is 10.1. The maximum absolute atomic E-state index is 5.83. The van der Waals surface area contributed by atoms with E-state index in [1.54, 1.807) is 0 Å². The predicted molar refractivity (Wildman–Crippen MR) is 185 cm³/mol. The molecule has 2 heteroatoms. The van der Waals surface area contributed by atoms with Crippen LogP contribution in [-0.2, 0) is 9.47 Å². The van der Waals surface area contributed by atoms with Gasteiger partial charge in [0.2, 0.25) is 0 Å². The molecular weight excluding hydrogens is 500 g/mol. The van der Waals surface area contributed by atoms with Gasteiger partial charge in [-0.3, -0.25) is 0 Å². The summed E-state index contributed by atoms with van der Waals surface area (Å²) >= 11 is 0. The summed E-state index contributed by atoms with van der Waals surface area (Å²) in [6.07, 6.45) is 48.5. The van der Waals surface area contributed by atoms with Crippen LogP contribution in [0.1, 0.15) is 200 Å². The fourth-order valence-electron chi connectivity index (χ4n) is 5.34. The Hall–Kier alpha value is -0.600. The molecule has 41 heavy (non-hydrogen) atoms. The standard InChI is InChI=1S/C39H76O2/c1-3-5-7-9-11-13-15-17-19-21-23-25-27-29-32-36-40-38-34-31-35-39-41-37-33-30-28-26-24-22-20-18-16-14-12-10-8-6-4-2/h17-20H,3-16,21-39H2,1-2H3. The van der Waals surface area contributed by atoms with Crippen molar-refractivity contribution in [2.45, 2.75) is 200 Å². The second-order valence-electron chi connectivity index (χ2n) is 12.5. The number of unbranched alkanes of at least 4 members (excludes halogenated alkanes) is 24. The van der Waals surface area contributed by atoms with Gasteiger partial charge in [0.05, 0.1) is 0 Å². The summed E-state index contributed by atoms with van der Waals surface area (Å²) in [5.41, 5.74) is 0. The molecule has 0 saturated heterocycles. The molecule has 244 valence electrons. The van der Waals surface area contributed by atoms with Gasteiger partial charge in [-0.05, 0) is 83.5 Å². The first kappa shape index (κ1) is 40.4. The lowest BCUT2D eigenvalue weighted by Crippen LogP contribution is -2.00. The van der Waals surface area contributed by atoms with Crippen LogP contribution in [0.5, 0.6) is 0 Å². The monoisotopic (exact) mass is 577 g/mol. The zero-order valence-electron chi connectivity index (χ0n) is 28.5. The Morgan fingerprint density at radius 3 is 0.780 bits per heavy atom. The molecule has 0 fully saturated rings. The second-order valence-corrected chi connectivity index (χ2v) is 12.5. The third-order valence-corrected chi connectivity index (χ3v) is 8.18. The number of hydrogen-bond acceptors (Lipinski definition) is 2. The number of hydrogen-bond donors (Lipinski definition) is 0. The minimum atomic E-state index is 0.928. The van der Waals surface area contributed by atoms with Crippen molar-refractivity contribution in [2.75, 3.05) is 26.4 Å². The fourth-order valence-corrected chi connectivity index (χ4v) is 5.34. The van der Waals surface area contributed by atoms with Crippen LogP contribution < -0.4 is 0 Å². The Morgan fingerprint density at radius 1 is 0.268 bits per heavy atom. The molecule has 0 rings (SSSR count). The molecule has 2 nitrogen and oxygen atoms in total. The normalized spacial score (nSPS) is 12.0. The average Bonchev–Trinajstić information content (AvgIpc) is 2.98. The highest BCUT2D eigenvalue weighted by Gasteiger charge is 1.95. The van der Waals surface area contributed by atoms with Gasteiger partial charge < -0.3 is 9.47 Å². The van der Waals surface area contributed by atoms with Gasteiger partial charge in [-0.25, -0.2) is 0 Å². The zero-order chi connectivity index (χ0) is 29.6. The highest BCUT2D eigenvalue weighted by atomic mass is 16.5. The maximum Gasteiger partial charge on any atom is 0.0466 e. The summed E-state index contributed by atoms with van der Waals surface area (Å²) in [6, 6.07) is 0. The van der Waals surface area contributed by atoms with Crippen LogP contribution in [0.4, 0.5) is 0 Å². The highest BCUT2D eigenvalue weighted by Crippen LogP contribution is 2.11. The molecule has 0 bridgehead atoms. The molecule has 0 atom stereocenters. The highest BCUT2D eigenvalue weighted by molar-refractivity contribution is 4.82. The van der Waals surface area contributed by atoms with Gasteiger partial charge in [-0.1, -0.05) is 141 Å². The van der Waals surface area contributed by atoms with Crippen molar-refractivity contribution < 1.29 is 9.47 Å². The molecular formula is C39H76O2. The molecule has 0 aliphatic rings. The van der Waals surface area contributed by atoms with Crippen LogP contribution in [0, 0.1) is 0 Å². The lowest BCUT2D eigenvalue weighted by Gasteiger charge is -2.06. The smallest absolute Gasteiger partial charge is 0.0466 e. The van der Waals surface area contributed by atoms with Crippen LogP contribution in [0.3, 0.4) is 0 Å². The third-order valence-electron chi connectivity index (χ3n) is 8.18. The van der Waals surface area contributed by atoms with Gasteiger partial charge in [-0.15, -0.1) is 0 Å². The van der Waals surface area contributed by atoms with E-state index in [9.17, 15) is 0 Å². The minimum absolute atomic E-state index is 0.928. The van der Waals surface area contributed by atoms with E-state index in [1.165, 1.54) is 186 Å². The van der Waals surface area contributed by atoms with Gasteiger partial charge >= 0.3 is 0 Å². The summed E-state index contributed by atoms with van der Waals surface area (Å²) in [4.78, 5) is 0. The first-order chi connectivity index (χ1) is 20.4.